The van der Waals surface area contributed by atoms with Gasteiger partial charge in [-0.1, -0.05) is 29.8 Å². The van der Waals surface area contributed by atoms with Gasteiger partial charge in [-0.2, -0.15) is 0 Å². The largest absolute Gasteiger partial charge is 0.496 e. The smallest absolute Gasteiger partial charge is 0.339 e. The Bertz CT molecular complexity index is 1200. The number of benzene rings is 2. The van der Waals surface area contributed by atoms with Crippen LogP contribution in [-0.2, 0) is 11.2 Å². The highest BCUT2D eigenvalue weighted by Crippen LogP contribution is 2.37. The molecule has 6 nitrogen and oxygen atoms in total. The first-order valence-electron chi connectivity index (χ1n) is 10.2. The summed E-state index contributed by atoms with van der Waals surface area (Å²) >= 11 is 6.02. The number of halogens is 1. The van der Waals surface area contributed by atoms with Gasteiger partial charge in [0.1, 0.15) is 17.0 Å². The Morgan fingerprint density at radius 3 is 2.71 bits per heavy atom. The summed E-state index contributed by atoms with van der Waals surface area (Å²) in [7, 11) is 1.59. The van der Waals surface area contributed by atoms with Crippen LogP contribution in [0, 0.1) is 0 Å². The topological polar surface area (TPSA) is 68.7 Å². The van der Waals surface area contributed by atoms with Crippen LogP contribution in [-0.4, -0.2) is 47.6 Å². The number of rotatable bonds is 2. The molecule has 7 heteroatoms. The van der Waals surface area contributed by atoms with Crippen LogP contribution in [0.4, 0.5) is 0 Å². The fraction of sp³-hybridized carbons (Fsp3) is 0.292. The molecule has 31 heavy (non-hydrogen) atoms. The fourth-order valence-electron chi connectivity index (χ4n) is 4.51. The molecule has 1 aromatic heterocycles. The maximum Gasteiger partial charge on any atom is 0.339 e. The second-order valence-electron chi connectivity index (χ2n) is 8.07. The molecule has 0 unspecified atom stereocenters. The summed E-state index contributed by atoms with van der Waals surface area (Å²) < 4.78 is 11.3. The first kappa shape index (κ1) is 19.8. The molecule has 0 saturated carbocycles. The number of nitrogens with zero attached hydrogens (tertiary/aromatic N) is 2. The maximum absolute atomic E-state index is 13.2. The van der Waals surface area contributed by atoms with Crippen molar-refractivity contribution in [3.63, 3.8) is 0 Å². The van der Waals surface area contributed by atoms with E-state index in [1.807, 2.05) is 30.3 Å². The molecule has 0 N–H and O–H groups in total. The van der Waals surface area contributed by atoms with Crippen molar-refractivity contribution in [1.29, 1.82) is 0 Å². The maximum atomic E-state index is 13.2. The van der Waals surface area contributed by atoms with E-state index in [-0.39, 0.29) is 11.9 Å². The van der Waals surface area contributed by atoms with Crippen LogP contribution in [0.2, 0.25) is 5.02 Å². The van der Waals surface area contributed by atoms with Crippen molar-refractivity contribution >= 4 is 34.4 Å². The second-order valence-corrected chi connectivity index (χ2v) is 8.51. The summed E-state index contributed by atoms with van der Waals surface area (Å²) in [6.45, 7) is 0.984. The Balaban J connectivity index is 1.35. The van der Waals surface area contributed by atoms with Gasteiger partial charge in [-0.05, 0) is 29.8 Å². The molecule has 2 aliphatic heterocycles. The molecular weight excluding hydrogens is 416 g/mol. The number of methoxy groups -OCH3 is 1. The van der Waals surface area contributed by atoms with Gasteiger partial charge in [-0.15, -0.1) is 0 Å². The number of para-hydroxylation sites is 1. The lowest BCUT2D eigenvalue weighted by atomic mass is 9.81. The molecule has 0 atom stereocenters. The number of carbonyl (C=O) groups is 2. The minimum atomic E-state index is -0.580. The highest BCUT2D eigenvalue weighted by Gasteiger charge is 2.43. The van der Waals surface area contributed by atoms with Crippen molar-refractivity contribution in [3.05, 3.63) is 70.4 Å². The van der Waals surface area contributed by atoms with Crippen LogP contribution in [0.1, 0.15) is 39.3 Å². The molecule has 158 valence electrons. The Labute approximate surface area is 184 Å². The van der Waals surface area contributed by atoms with Crippen molar-refractivity contribution in [2.75, 3.05) is 20.2 Å². The van der Waals surface area contributed by atoms with Crippen LogP contribution in [0.25, 0.3) is 10.9 Å². The van der Waals surface area contributed by atoms with E-state index in [0.29, 0.717) is 54.4 Å². The van der Waals surface area contributed by atoms with Gasteiger partial charge in [-0.25, -0.2) is 9.78 Å². The molecule has 1 saturated heterocycles. The number of hydrogen-bond acceptors (Lipinski definition) is 5. The molecule has 0 radical (unpaired) electrons. The molecule has 0 bridgehead atoms. The monoisotopic (exact) mass is 436 g/mol. The van der Waals surface area contributed by atoms with E-state index < -0.39 is 5.60 Å². The van der Waals surface area contributed by atoms with Crippen LogP contribution in [0.3, 0.4) is 0 Å². The van der Waals surface area contributed by atoms with Gasteiger partial charge in [0.05, 0.1) is 18.2 Å². The molecule has 1 fully saturated rings. The van der Waals surface area contributed by atoms with Gasteiger partial charge in [0.15, 0.2) is 0 Å². The minimum Gasteiger partial charge on any atom is -0.496 e. The number of esters is 1. The van der Waals surface area contributed by atoms with Crippen molar-refractivity contribution in [3.8, 4) is 5.75 Å². The van der Waals surface area contributed by atoms with Gasteiger partial charge in [-0.3, -0.25) is 4.79 Å². The standard InChI is InChI=1S/C24H21ClN2O4/c1-30-21-13-20(26-19-5-3-2-4-17(19)21)22(28)27-10-8-24(9-11-27)14-15-6-7-16(25)12-18(15)23(29)31-24/h2-7,12-13H,8-11,14H2,1H3. The molecule has 3 aromatic rings. The Morgan fingerprint density at radius 2 is 1.94 bits per heavy atom. The Hall–Kier alpha value is -3.12. The summed E-state index contributed by atoms with van der Waals surface area (Å²) in [6, 6.07) is 14.6. The number of pyridine rings is 1. The van der Waals surface area contributed by atoms with E-state index in [1.165, 1.54) is 0 Å². The molecule has 5 rings (SSSR count). The van der Waals surface area contributed by atoms with E-state index in [2.05, 4.69) is 4.98 Å². The molecule has 1 spiro atoms. The van der Waals surface area contributed by atoms with E-state index in [1.54, 1.807) is 30.2 Å². The number of aromatic nitrogens is 1. The predicted octanol–water partition coefficient (Wildman–Crippen LogP) is 4.28. The number of fused-ring (bicyclic) bond motifs is 2. The molecular formula is C24H21ClN2O4. The lowest BCUT2D eigenvalue weighted by Gasteiger charge is -2.43. The number of likely N-dealkylation sites (tertiary alicyclic amines) is 1. The molecule has 3 heterocycles. The van der Waals surface area contributed by atoms with Gasteiger partial charge >= 0.3 is 5.97 Å². The highest BCUT2D eigenvalue weighted by atomic mass is 35.5. The summed E-state index contributed by atoms with van der Waals surface area (Å²) in [5.74, 6) is 0.136. The summed E-state index contributed by atoms with van der Waals surface area (Å²) in [5.41, 5.74) is 1.97. The van der Waals surface area contributed by atoms with Crippen LogP contribution in [0.5, 0.6) is 5.75 Å². The zero-order valence-corrected chi connectivity index (χ0v) is 17.8. The normalized spacial score (nSPS) is 17.4. The lowest BCUT2D eigenvalue weighted by molar-refractivity contribution is -0.0527. The molecule has 1 amide bonds. The zero-order chi connectivity index (χ0) is 21.6. The number of amides is 1. The van der Waals surface area contributed by atoms with Gasteiger partial charge in [0.25, 0.3) is 5.91 Å². The SMILES string of the molecule is COc1cc(C(=O)N2CCC3(CC2)Cc2ccc(Cl)cc2C(=O)O3)nc2ccccc12. The lowest BCUT2D eigenvalue weighted by Crippen LogP contribution is -2.52. The van der Waals surface area contributed by atoms with Crippen molar-refractivity contribution in [2.45, 2.75) is 24.9 Å². The van der Waals surface area contributed by atoms with Gasteiger partial charge < -0.3 is 14.4 Å². The summed E-state index contributed by atoms with van der Waals surface area (Å²) in [4.78, 5) is 32.0. The van der Waals surface area contributed by atoms with Crippen molar-refractivity contribution in [1.82, 2.24) is 9.88 Å². The third-order valence-electron chi connectivity index (χ3n) is 6.19. The molecule has 0 aliphatic carbocycles. The van der Waals surface area contributed by atoms with E-state index in [4.69, 9.17) is 21.1 Å². The highest BCUT2D eigenvalue weighted by molar-refractivity contribution is 6.31. The number of ether oxygens (including phenoxy) is 2. The van der Waals surface area contributed by atoms with E-state index in [9.17, 15) is 9.59 Å². The first-order chi connectivity index (χ1) is 15.0. The van der Waals surface area contributed by atoms with E-state index >= 15 is 0 Å². The van der Waals surface area contributed by atoms with Gasteiger partial charge in [0.2, 0.25) is 0 Å². The zero-order valence-electron chi connectivity index (χ0n) is 17.1. The minimum absolute atomic E-state index is 0.145. The summed E-state index contributed by atoms with van der Waals surface area (Å²) in [6.07, 6.45) is 1.80. The third-order valence-corrected chi connectivity index (χ3v) is 6.43. The Kier molecular flexibility index (Phi) is 4.82. The number of carbonyl (C=O) groups excluding carboxylic acids is 2. The third kappa shape index (κ3) is 3.51. The summed E-state index contributed by atoms with van der Waals surface area (Å²) in [5, 5.41) is 1.39. The Morgan fingerprint density at radius 1 is 1.16 bits per heavy atom. The van der Waals surface area contributed by atoms with Crippen LogP contribution < -0.4 is 4.74 Å². The fourth-order valence-corrected chi connectivity index (χ4v) is 4.68. The van der Waals surface area contributed by atoms with E-state index in [0.717, 1.165) is 16.5 Å². The molecule has 2 aromatic carbocycles. The van der Waals surface area contributed by atoms with Crippen LogP contribution in [0.15, 0.2) is 48.5 Å². The average molecular weight is 437 g/mol. The van der Waals surface area contributed by atoms with Crippen LogP contribution >= 0.6 is 11.6 Å². The predicted molar refractivity (Wildman–Crippen MR) is 117 cm³/mol. The number of hydrogen-bond donors (Lipinski definition) is 0. The van der Waals surface area contributed by atoms with Crippen molar-refractivity contribution in [2.24, 2.45) is 0 Å². The quantitative estimate of drug-likeness (QED) is 0.561. The first-order valence-corrected chi connectivity index (χ1v) is 10.6. The van der Waals surface area contributed by atoms with Gasteiger partial charge in [0, 0.05) is 48.8 Å². The average Bonchev–Trinajstić information content (AvgIpc) is 2.79. The molecule has 2 aliphatic rings. The number of piperidine rings is 1. The second kappa shape index (κ2) is 7.54. The van der Waals surface area contributed by atoms with Crippen molar-refractivity contribution < 1.29 is 19.1 Å².